The highest BCUT2D eigenvalue weighted by molar-refractivity contribution is 5.71. The molecule has 0 aromatic rings. The van der Waals surface area contributed by atoms with Gasteiger partial charge < -0.3 is 14.2 Å². The van der Waals surface area contributed by atoms with E-state index in [1.165, 1.54) is 167 Å². The Morgan fingerprint density at radius 1 is 0.333 bits per heavy atom. The fraction of sp³-hybridized carbons (Fsp3) is 0.941. The topological polar surface area (TPSA) is 78.9 Å². The summed E-state index contributed by atoms with van der Waals surface area (Å²) in [6, 6.07) is 0. The standard InChI is InChI=1S/C51H98O6/c1-6-7-8-9-10-11-12-13-14-15-16-17-18-22-25-31-36-41-49(52)55-44-48(57-51(54)43-38-33-28-27-30-35-40-47(4)5)45-56-50(53)42-37-32-26-23-20-19-21-24-29-34-39-46(2)3/h46-48H,6-45H2,1-5H3/t48-/m0/s1. The van der Waals surface area contributed by atoms with Gasteiger partial charge in [0.2, 0.25) is 0 Å². The van der Waals surface area contributed by atoms with E-state index < -0.39 is 6.10 Å². The smallest absolute Gasteiger partial charge is 0.306 e. The lowest BCUT2D eigenvalue weighted by Gasteiger charge is -2.18. The summed E-state index contributed by atoms with van der Waals surface area (Å²) in [7, 11) is 0. The summed E-state index contributed by atoms with van der Waals surface area (Å²) in [5.41, 5.74) is 0. The van der Waals surface area contributed by atoms with E-state index in [4.69, 9.17) is 14.2 Å². The molecule has 338 valence electrons. The number of rotatable bonds is 45. The molecule has 0 fully saturated rings. The van der Waals surface area contributed by atoms with E-state index >= 15 is 0 Å². The van der Waals surface area contributed by atoms with E-state index in [2.05, 4.69) is 34.6 Å². The molecule has 0 saturated carbocycles. The SMILES string of the molecule is CCCCCCCCCCCCCCCCCCCC(=O)OC[C@@H](COC(=O)CCCCCCCCCCCCC(C)C)OC(=O)CCCCCCCCC(C)C. The molecule has 0 aliphatic rings. The molecule has 0 heterocycles. The Bertz CT molecular complexity index is 870. The van der Waals surface area contributed by atoms with E-state index in [1.807, 2.05) is 0 Å². The van der Waals surface area contributed by atoms with Crippen LogP contribution in [0.15, 0.2) is 0 Å². The lowest BCUT2D eigenvalue weighted by Crippen LogP contribution is -2.30. The second kappa shape index (κ2) is 44.0. The highest BCUT2D eigenvalue weighted by Gasteiger charge is 2.19. The third-order valence-corrected chi connectivity index (χ3v) is 11.5. The van der Waals surface area contributed by atoms with E-state index in [-0.39, 0.29) is 31.1 Å². The van der Waals surface area contributed by atoms with E-state index in [0.717, 1.165) is 69.6 Å². The van der Waals surface area contributed by atoms with Crippen LogP contribution in [0.5, 0.6) is 0 Å². The zero-order chi connectivity index (χ0) is 41.9. The van der Waals surface area contributed by atoms with Gasteiger partial charge in [0.15, 0.2) is 6.10 Å². The molecule has 0 aromatic carbocycles. The number of esters is 3. The second-order valence-electron chi connectivity index (χ2n) is 18.4. The van der Waals surface area contributed by atoms with Crippen molar-refractivity contribution in [2.45, 2.75) is 285 Å². The number of unbranched alkanes of at least 4 members (excludes halogenated alkanes) is 30. The number of carbonyl (C=O) groups excluding carboxylic acids is 3. The first-order chi connectivity index (χ1) is 27.7. The van der Waals surface area contributed by atoms with Crippen LogP contribution in [-0.4, -0.2) is 37.2 Å². The number of hydrogen-bond donors (Lipinski definition) is 0. The maximum Gasteiger partial charge on any atom is 0.306 e. The minimum absolute atomic E-state index is 0.0651. The summed E-state index contributed by atoms with van der Waals surface area (Å²) in [5.74, 6) is 0.721. The van der Waals surface area contributed by atoms with Crippen LogP contribution in [-0.2, 0) is 28.6 Å². The molecule has 0 aliphatic carbocycles. The van der Waals surface area contributed by atoms with Crippen molar-refractivity contribution < 1.29 is 28.6 Å². The molecule has 57 heavy (non-hydrogen) atoms. The van der Waals surface area contributed by atoms with Crippen LogP contribution in [0, 0.1) is 11.8 Å². The maximum atomic E-state index is 12.7. The van der Waals surface area contributed by atoms with Gasteiger partial charge >= 0.3 is 17.9 Å². The minimum atomic E-state index is -0.762. The van der Waals surface area contributed by atoms with Crippen LogP contribution in [0.4, 0.5) is 0 Å². The van der Waals surface area contributed by atoms with Gasteiger partial charge in [0.1, 0.15) is 13.2 Å². The Morgan fingerprint density at radius 2 is 0.579 bits per heavy atom. The lowest BCUT2D eigenvalue weighted by atomic mass is 10.0. The third kappa shape index (κ3) is 45.3. The number of carbonyl (C=O) groups is 3. The highest BCUT2D eigenvalue weighted by atomic mass is 16.6. The molecule has 0 spiro atoms. The molecule has 6 heteroatoms. The molecule has 0 amide bonds. The van der Waals surface area contributed by atoms with Crippen LogP contribution in [0.1, 0.15) is 279 Å². The van der Waals surface area contributed by atoms with Crippen molar-refractivity contribution in [3.8, 4) is 0 Å². The van der Waals surface area contributed by atoms with Crippen LogP contribution in [0.2, 0.25) is 0 Å². The molecule has 0 saturated heterocycles. The molecule has 0 unspecified atom stereocenters. The first kappa shape index (κ1) is 55.4. The quantitative estimate of drug-likeness (QED) is 0.0346. The van der Waals surface area contributed by atoms with Gasteiger partial charge in [-0.25, -0.2) is 0 Å². The number of ether oxygens (including phenoxy) is 3. The summed E-state index contributed by atoms with van der Waals surface area (Å²) in [4.78, 5) is 37.8. The lowest BCUT2D eigenvalue weighted by molar-refractivity contribution is -0.167. The van der Waals surface area contributed by atoms with Crippen LogP contribution in [0.25, 0.3) is 0 Å². The van der Waals surface area contributed by atoms with Crippen LogP contribution >= 0.6 is 0 Å². The molecule has 0 rings (SSSR count). The van der Waals surface area contributed by atoms with Crippen molar-refractivity contribution in [1.29, 1.82) is 0 Å². The molecule has 1 atom stereocenters. The van der Waals surface area contributed by atoms with Crippen molar-refractivity contribution in [1.82, 2.24) is 0 Å². The maximum absolute atomic E-state index is 12.7. The molecule has 0 bridgehead atoms. The van der Waals surface area contributed by atoms with Gasteiger partial charge in [-0.05, 0) is 31.1 Å². The van der Waals surface area contributed by atoms with E-state index in [0.29, 0.717) is 19.3 Å². The Kier molecular flexibility index (Phi) is 42.7. The van der Waals surface area contributed by atoms with Crippen molar-refractivity contribution in [3.63, 3.8) is 0 Å². The van der Waals surface area contributed by atoms with Crippen molar-refractivity contribution in [3.05, 3.63) is 0 Å². The normalized spacial score (nSPS) is 12.1. The van der Waals surface area contributed by atoms with Crippen molar-refractivity contribution >= 4 is 17.9 Å². The Morgan fingerprint density at radius 3 is 0.860 bits per heavy atom. The molecule has 0 radical (unpaired) electrons. The highest BCUT2D eigenvalue weighted by Crippen LogP contribution is 2.17. The largest absolute Gasteiger partial charge is 0.462 e. The zero-order valence-electron chi connectivity index (χ0n) is 39.0. The van der Waals surface area contributed by atoms with Crippen molar-refractivity contribution in [2.75, 3.05) is 13.2 Å². The van der Waals surface area contributed by atoms with Crippen LogP contribution in [0.3, 0.4) is 0 Å². The molecule has 0 aromatic heterocycles. The predicted molar refractivity (Wildman–Crippen MR) is 243 cm³/mol. The third-order valence-electron chi connectivity index (χ3n) is 11.5. The van der Waals surface area contributed by atoms with E-state index in [1.54, 1.807) is 0 Å². The first-order valence-corrected chi connectivity index (χ1v) is 25.2. The Balaban J connectivity index is 4.24. The fourth-order valence-corrected chi connectivity index (χ4v) is 7.64. The van der Waals surface area contributed by atoms with Crippen molar-refractivity contribution in [2.24, 2.45) is 11.8 Å². The first-order valence-electron chi connectivity index (χ1n) is 25.2. The summed E-state index contributed by atoms with van der Waals surface area (Å²) in [6.07, 6.45) is 43.9. The van der Waals surface area contributed by atoms with E-state index in [9.17, 15) is 14.4 Å². The second-order valence-corrected chi connectivity index (χ2v) is 18.4. The summed E-state index contributed by atoms with van der Waals surface area (Å²) >= 11 is 0. The molecule has 6 nitrogen and oxygen atoms in total. The van der Waals surface area contributed by atoms with Gasteiger partial charge in [0, 0.05) is 19.3 Å². The summed E-state index contributed by atoms with van der Waals surface area (Å²) < 4.78 is 16.8. The average molecular weight is 807 g/mol. The Hall–Kier alpha value is -1.59. The summed E-state index contributed by atoms with van der Waals surface area (Å²) in [6.45, 7) is 11.3. The summed E-state index contributed by atoms with van der Waals surface area (Å²) in [5, 5.41) is 0. The van der Waals surface area contributed by atoms with Gasteiger partial charge in [-0.2, -0.15) is 0 Å². The minimum Gasteiger partial charge on any atom is -0.462 e. The monoisotopic (exact) mass is 807 g/mol. The fourth-order valence-electron chi connectivity index (χ4n) is 7.64. The Labute approximate surface area is 355 Å². The number of hydrogen-bond acceptors (Lipinski definition) is 6. The van der Waals surface area contributed by atoms with Crippen LogP contribution < -0.4 is 0 Å². The molecular formula is C51H98O6. The van der Waals surface area contributed by atoms with Gasteiger partial charge in [-0.3, -0.25) is 14.4 Å². The average Bonchev–Trinajstić information content (AvgIpc) is 3.18. The molecular weight excluding hydrogens is 709 g/mol. The van der Waals surface area contributed by atoms with Gasteiger partial charge in [0.05, 0.1) is 0 Å². The van der Waals surface area contributed by atoms with Gasteiger partial charge in [-0.15, -0.1) is 0 Å². The predicted octanol–water partition coefficient (Wildman–Crippen LogP) is 16.1. The zero-order valence-corrected chi connectivity index (χ0v) is 39.0. The molecule has 0 N–H and O–H groups in total. The van der Waals surface area contributed by atoms with Gasteiger partial charge in [0.25, 0.3) is 0 Å². The van der Waals surface area contributed by atoms with Gasteiger partial charge in [-0.1, -0.05) is 240 Å². The molecule has 0 aliphatic heterocycles.